The fourth-order valence-corrected chi connectivity index (χ4v) is 2.62. The van der Waals surface area contributed by atoms with Gasteiger partial charge in [-0.15, -0.1) is 0 Å². The van der Waals surface area contributed by atoms with Crippen LogP contribution in [0.2, 0.25) is 5.15 Å². The zero-order chi connectivity index (χ0) is 12.5. The van der Waals surface area contributed by atoms with E-state index in [0.29, 0.717) is 17.8 Å². The van der Waals surface area contributed by atoms with Crippen molar-refractivity contribution in [1.29, 1.82) is 0 Å². The molecule has 0 saturated heterocycles. The Morgan fingerprint density at radius 3 is 3.06 bits per heavy atom. The molecule has 18 heavy (non-hydrogen) atoms. The molecule has 1 fully saturated rings. The van der Waals surface area contributed by atoms with Crippen molar-refractivity contribution in [3.05, 3.63) is 29.2 Å². The van der Waals surface area contributed by atoms with Gasteiger partial charge in [-0.1, -0.05) is 18.5 Å². The summed E-state index contributed by atoms with van der Waals surface area (Å²) in [6, 6.07) is 2.02. The first-order valence-electron chi connectivity index (χ1n) is 6.52. The van der Waals surface area contributed by atoms with E-state index in [-0.39, 0.29) is 0 Å². The highest BCUT2D eigenvalue weighted by Gasteiger charge is 2.28. The summed E-state index contributed by atoms with van der Waals surface area (Å²) in [4.78, 5) is 4.20. The van der Waals surface area contributed by atoms with Gasteiger partial charge in [0.15, 0.2) is 0 Å². The summed E-state index contributed by atoms with van der Waals surface area (Å²) in [6.07, 6.45) is 7.51. The van der Waals surface area contributed by atoms with Gasteiger partial charge in [0.1, 0.15) is 11.9 Å². The Kier molecular flexibility index (Phi) is 3.27. The van der Waals surface area contributed by atoms with Crippen molar-refractivity contribution < 1.29 is 4.74 Å². The monoisotopic (exact) mass is 264 g/mol. The topological polar surface area (TPSA) is 27.1 Å². The van der Waals surface area contributed by atoms with E-state index in [1.807, 2.05) is 6.07 Å². The highest BCUT2D eigenvalue weighted by molar-refractivity contribution is 6.34. The second-order valence-electron chi connectivity index (χ2n) is 4.86. The maximum absolute atomic E-state index is 6.24. The number of fused-ring (bicyclic) bond motifs is 1. The van der Waals surface area contributed by atoms with Crippen molar-refractivity contribution in [2.45, 2.75) is 38.8 Å². The van der Waals surface area contributed by atoms with Gasteiger partial charge in [0.05, 0.1) is 5.52 Å². The lowest BCUT2D eigenvalue weighted by Crippen LogP contribution is -2.01. The second kappa shape index (κ2) is 4.90. The number of rotatable bonds is 5. The zero-order valence-corrected chi connectivity index (χ0v) is 11.3. The molecule has 0 radical (unpaired) electrons. The lowest BCUT2D eigenvalue weighted by atomic mass is 10.1. The van der Waals surface area contributed by atoms with Gasteiger partial charge in [0.25, 0.3) is 0 Å². The SMILES string of the molecule is CCCOCn1cc(C2CC2)c2c(Cl)nccc21. The van der Waals surface area contributed by atoms with Gasteiger partial charge in [-0.05, 0) is 36.8 Å². The van der Waals surface area contributed by atoms with Crippen molar-refractivity contribution in [2.75, 3.05) is 6.61 Å². The summed E-state index contributed by atoms with van der Waals surface area (Å²) >= 11 is 6.24. The van der Waals surface area contributed by atoms with Crippen LogP contribution in [0.1, 0.15) is 37.7 Å². The van der Waals surface area contributed by atoms with Crippen LogP contribution in [0.5, 0.6) is 0 Å². The molecular weight excluding hydrogens is 248 g/mol. The number of hydrogen-bond acceptors (Lipinski definition) is 2. The van der Waals surface area contributed by atoms with Crippen LogP contribution in [0.3, 0.4) is 0 Å². The first kappa shape index (κ1) is 12.0. The molecule has 3 rings (SSSR count). The Hall–Kier alpha value is -1.06. The minimum atomic E-state index is 0.595. The first-order valence-corrected chi connectivity index (χ1v) is 6.90. The molecular formula is C14H17ClN2O. The summed E-state index contributed by atoms with van der Waals surface area (Å²) < 4.78 is 7.77. The van der Waals surface area contributed by atoms with Crippen LogP contribution in [-0.2, 0) is 11.5 Å². The van der Waals surface area contributed by atoms with Crippen LogP contribution < -0.4 is 0 Å². The predicted molar refractivity (Wildman–Crippen MR) is 73.0 cm³/mol. The lowest BCUT2D eigenvalue weighted by molar-refractivity contribution is 0.0803. The highest BCUT2D eigenvalue weighted by Crippen LogP contribution is 2.45. The van der Waals surface area contributed by atoms with E-state index >= 15 is 0 Å². The van der Waals surface area contributed by atoms with Crippen molar-refractivity contribution in [1.82, 2.24) is 9.55 Å². The average Bonchev–Trinajstić information content (AvgIpc) is 3.14. The molecule has 2 heterocycles. The van der Waals surface area contributed by atoms with Crippen LogP contribution in [0.25, 0.3) is 10.9 Å². The van der Waals surface area contributed by atoms with Crippen molar-refractivity contribution in [3.8, 4) is 0 Å². The number of ether oxygens (including phenoxy) is 1. The van der Waals surface area contributed by atoms with E-state index in [1.165, 1.54) is 18.4 Å². The minimum Gasteiger partial charge on any atom is -0.361 e. The molecule has 0 aromatic carbocycles. The van der Waals surface area contributed by atoms with E-state index in [0.717, 1.165) is 23.9 Å². The predicted octanol–water partition coefficient (Wildman–Crippen LogP) is 3.95. The van der Waals surface area contributed by atoms with Crippen LogP contribution in [0.15, 0.2) is 18.5 Å². The summed E-state index contributed by atoms with van der Waals surface area (Å²) in [5.74, 6) is 0.668. The van der Waals surface area contributed by atoms with E-state index in [4.69, 9.17) is 16.3 Å². The lowest BCUT2D eigenvalue weighted by Gasteiger charge is -2.05. The number of halogens is 1. The summed E-state index contributed by atoms with van der Waals surface area (Å²) in [5, 5.41) is 1.73. The molecule has 96 valence electrons. The van der Waals surface area contributed by atoms with Crippen molar-refractivity contribution in [2.24, 2.45) is 0 Å². The van der Waals surface area contributed by atoms with E-state index in [9.17, 15) is 0 Å². The van der Waals surface area contributed by atoms with Gasteiger partial charge in [-0.2, -0.15) is 0 Å². The molecule has 0 amide bonds. The fourth-order valence-electron chi connectivity index (χ4n) is 2.35. The van der Waals surface area contributed by atoms with Crippen LogP contribution in [-0.4, -0.2) is 16.2 Å². The molecule has 0 unspecified atom stereocenters. The molecule has 1 aliphatic carbocycles. The van der Waals surface area contributed by atoms with Gasteiger partial charge < -0.3 is 9.30 Å². The standard InChI is InChI=1S/C14H17ClN2O/c1-2-7-18-9-17-8-11(10-3-4-10)13-12(17)5-6-16-14(13)15/h5-6,8,10H,2-4,7,9H2,1H3. The molecule has 4 heteroatoms. The Labute approximate surface area is 112 Å². The Bertz CT molecular complexity index is 560. The molecule has 2 aromatic heterocycles. The van der Waals surface area contributed by atoms with Crippen molar-refractivity contribution in [3.63, 3.8) is 0 Å². The highest BCUT2D eigenvalue weighted by atomic mass is 35.5. The first-order chi connectivity index (χ1) is 8.81. The Morgan fingerprint density at radius 1 is 1.50 bits per heavy atom. The summed E-state index contributed by atoms with van der Waals surface area (Å²) in [6.45, 7) is 3.50. The average molecular weight is 265 g/mol. The molecule has 0 atom stereocenters. The van der Waals surface area contributed by atoms with Gasteiger partial charge in [-0.3, -0.25) is 0 Å². The number of pyridine rings is 1. The van der Waals surface area contributed by atoms with Crippen LogP contribution in [0.4, 0.5) is 0 Å². The van der Waals surface area contributed by atoms with Gasteiger partial charge in [-0.25, -0.2) is 4.98 Å². The van der Waals surface area contributed by atoms with Gasteiger partial charge in [0, 0.05) is 24.4 Å². The van der Waals surface area contributed by atoms with Gasteiger partial charge in [0.2, 0.25) is 0 Å². The van der Waals surface area contributed by atoms with E-state index in [1.54, 1.807) is 6.20 Å². The molecule has 0 bridgehead atoms. The molecule has 1 saturated carbocycles. The molecule has 0 aliphatic heterocycles. The third-order valence-corrected chi connectivity index (χ3v) is 3.66. The molecule has 1 aliphatic rings. The maximum Gasteiger partial charge on any atom is 0.138 e. The zero-order valence-electron chi connectivity index (χ0n) is 10.5. The van der Waals surface area contributed by atoms with Crippen molar-refractivity contribution >= 4 is 22.5 Å². The summed E-state index contributed by atoms with van der Waals surface area (Å²) in [7, 11) is 0. The number of nitrogens with zero attached hydrogens (tertiary/aromatic N) is 2. The third-order valence-electron chi connectivity index (χ3n) is 3.37. The van der Waals surface area contributed by atoms with Crippen LogP contribution in [0, 0.1) is 0 Å². The molecule has 0 spiro atoms. The Balaban J connectivity index is 2.00. The smallest absolute Gasteiger partial charge is 0.138 e. The fraction of sp³-hybridized carbons (Fsp3) is 0.500. The quantitative estimate of drug-likeness (QED) is 0.604. The summed E-state index contributed by atoms with van der Waals surface area (Å²) in [5.41, 5.74) is 2.47. The molecule has 2 aromatic rings. The second-order valence-corrected chi connectivity index (χ2v) is 5.22. The largest absolute Gasteiger partial charge is 0.361 e. The minimum absolute atomic E-state index is 0.595. The number of hydrogen-bond donors (Lipinski definition) is 0. The normalized spacial score (nSPS) is 15.4. The third kappa shape index (κ3) is 2.13. The maximum atomic E-state index is 6.24. The number of aromatic nitrogens is 2. The van der Waals surface area contributed by atoms with Gasteiger partial charge >= 0.3 is 0 Å². The van der Waals surface area contributed by atoms with E-state index < -0.39 is 0 Å². The van der Waals surface area contributed by atoms with E-state index in [2.05, 4.69) is 22.7 Å². The molecule has 3 nitrogen and oxygen atoms in total. The van der Waals surface area contributed by atoms with Crippen LogP contribution >= 0.6 is 11.6 Å². The molecule has 0 N–H and O–H groups in total. The Morgan fingerprint density at radius 2 is 2.33 bits per heavy atom.